The van der Waals surface area contributed by atoms with E-state index in [1.54, 1.807) is 0 Å². The van der Waals surface area contributed by atoms with Gasteiger partial charge in [0.2, 0.25) is 0 Å². The lowest BCUT2D eigenvalue weighted by Gasteiger charge is -2.10. The van der Waals surface area contributed by atoms with E-state index in [1.807, 2.05) is 13.8 Å². The molecule has 0 N–H and O–H groups in total. The minimum atomic E-state index is -0.157. The topological polar surface area (TPSA) is 26.3 Å². The molecule has 0 aliphatic heterocycles. The molecule has 0 aliphatic carbocycles. The van der Waals surface area contributed by atoms with E-state index in [9.17, 15) is 4.79 Å². The zero-order valence-electron chi connectivity index (χ0n) is 9.97. The number of alkyl halides is 1. The van der Waals surface area contributed by atoms with Crippen LogP contribution in [0.25, 0.3) is 0 Å². The third-order valence-electron chi connectivity index (χ3n) is 2.58. The number of carbonyl (C=O) groups is 1. The molecule has 0 atom stereocenters. The summed E-state index contributed by atoms with van der Waals surface area (Å²) in [4.78, 5) is 11.4. The number of aryl methyl sites for hydroxylation is 2. The van der Waals surface area contributed by atoms with Gasteiger partial charge in [-0.3, -0.25) is 4.79 Å². The molecule has 2 nitrogen and oxygen atoms in total. The van der Waals surface area contributed by atoms with Crippen LogP contribution in [-0.4, -0.2) is 12.6 Å². The summed E-state index contributed by atoms with van der Waals surface area (Å²) in [6.07, 6.45) is 0.361. The lowest BCUT2D eigenvalue weighted by Crippen LogP contribution is -2.09. The Labute approximate surface area is 105 Å². The van der Waals surface area contributed by atoms with E-state index in [2.05, 4.69) is 35.0 Å². The van der Waals surface area contributed by atoms with Crippen LogP contribution in [0.15, 0.2) is 12.1 Å². The predicted molar refractivity (Wildman–Crippen MR) is 68.9 cm³/mol. The summed E-state index contributed by atoms with van der Waals surface area (Å²) in [5, 5.41) is 0.814. The standard InChI is InChI=1S/C13H17BrO2/c1-4-16-13(15)7-11-6-12(8-14)10(3)5-9(11)2/h5-6H,4,7-8H2,1-3H3. The highest BCUT2D eigenvalue weighted by Gasteiger charge is 2.09. The number of hydrogen-bond acceptors (Lipinski definition) is 2. The predicted octanol–water partition coefficient (Wildman–Crippen LogP) is 3.30. The maximum atomic E-state index is 11.4. The van der Waals surface area contributed by atoms with E-state index in [0.29, 0.717) is 13.0 Å². The molecule has 3 heteroatoms. The molecule has 0 aromatic heterocycles. The van der Waals surface area contributed by atoms with Gasteiger partial charge in [-0.15, -0.1) is 0 Å². The third-order valence-corrected chi connectivity index (χ3v) is 3.18. The summed E-state index contributed by atoms with van der Waals surface area (Å²) in [7, 11) is 0. The van der Waals surface area contributed by atoms with Gasteiger partial charge in [0.15, 0.2) is 0 Å². The van der Waals surface area contributed by atoms with Gasteiger partial charge in [-0.1, -0.05) is 28.1 Å². The highest BCUT2D eigenvalue weighted by Crippen LogP contribution is 2.19. The number of halogens is 1. The molecule has 0 amide bonds. The van der Waals surface area contributed by atoms with E-state index >= 15 is 0 Å². The van der Waals surface area contributed by atoms with Crippen LogP contribution in [0.3, 0.4) is 0 Å². The normalized spacial score (nSPS) is 10.2. The Morgan fingerprint density at radius 1 is 1.25 bits per heavy atom. The molecule has 88 valence electrons. The molecule has 1 rings (SSSR count). The van der Waals surface area contributed by atoms with Crippen LogP contribution in [0.1, 0.15) is 29.2 Å². The Bertz CT molecular complexity index is 386. The van der Waals surface area contributed by atoms with Crippen LogP contribution in [0, 0.1) is 13.8 Å². The van der Waals surface area contributed by atoms with Crippen molar-refractivity contribution in [3.8, 4) is 0 Å². The van der Waals surface area contributed by atoms with Crippen molar-refractivity contribution < 1.29 is 9.53 Å². The first-order valence-corrected chi connectivity index (χ1v) is 6.51. The van der Waals surface area contributed by atoms with Crippen LogP contribution in [0.5, 0.6) is 0 Å². The fraction of sp³-hybridized carbons (Fsp3) is 0.462. The summed E-state index contributed by atoms with van der Waals surface area (Å²) < 4.78 is 4.95. The van der Waals surface area contributed by atoms with Crippen molar-refractivity contribution >= 4 is 21.9 Å². The Kier molecular flexibility index (Phi) is 5.00. The summed E-state index contributed by atoms with van der Waals surface area (Å²) in [6.45, 7) is 6.37. The summed E-state index contributed by atoms with van der Waals surface area (Å²) in [5.74, 6) is -0.157. The quantitative estimate of drug-likeness (QED) is 0.626. The maximum Gasteiger partial charge on any atom is 0.310 e. The van der Waals surface area contributed by atoms with E-state index in [-0.39, 0.29) is 5.97 Å². The Balaban J connectivity index is 2.91. The number of ether oxygens (including phenoxy) is 1. The lowest BCUT2D eigenvalue weighted by molar-refractivity contribution is -0.142. The molecule has 0 radical (unpaired) electrons. The van der Waals surface area contributed by atoms with E-state index in [1.165, 1.54) is 11.1 Å². The van der Waals surface area contributed by atoms with Crippen molar-refractivity contribution in [3.63, 3.8) is 0 Å². The van der Waals surface area contributed by atoms with Crippen LogP contribution >= 0.6 is 15.9 Å². The molecule has 1 aromatic carbocycles. The van der Waals surface area contributed by atoms with Crippen LogP contribution in [-0.2, 0) is 21.3 Å². The van der Waals surface area contributed by atoms with Gasteiger partial charge in [-0.2, -0.15) is 0 Å². The molecule has 0 unspecified atom stereocenters. The minimum Gasteiger partial charge on any atom is -0.466 e. The fourth-order valence-electron chi connectivity index (χ4n) is 1.65. The van der Waals surface area contributed by atoms with Crippen LogP contribution in [0.2, 0.25) is 0 Å². The minimum absolute atomic E-state index is 0.157. The van der Waals surface area contributed by atoms with Gasteiger partial charge < -0.3 is 4.74 Å². The lowest BCUT2D eigenvalue weighted by atomic mass is 9.99. The number of esters is 1. The smallest absolute Gasteiger partial charge is 0.310 e. The first kappa shape index (κ1) is 13.2. The molecule has 0 saturated carbocycles. The summed E-state index contributed by atoms with van der Waals surface area (Å²) >= 11 is 3.45. The van der Waals surface area contributed by atoms with Crippen molar-refractivity contribution in [2.75, 3.05) is 6.61 Å². The van der Waals surface area contributed by atoms with E-state index in [4.69, 9.17) is 4.74 Å². The van der Waals surface area contributed by atoms with Crippen molar-refractivity contribution in [2.24, 2.45) is 0 Å². The van der Waals surface area contributed by atoms with Gasteiger partial charge in [0, 0.05) is 5.33 Å². The number of benzene rings is 1. The van der Waals surface area contributed by atoms with E-state index < -0.39 is 0 Å². The monoisotopic (exact) mass is 284 g/mol. The van der Waals surface area contributed by atoms with Crippen LogP contribution in [0.4, 0.5) is 0 Å². The second-order valence-electron chi connectivity index (χ2n) is 3.82. The molecule has 0 aliphatic rings. The second kappa shape index (κ2) is 6.04. The van der Waals surface area contributed by atoms with Gasteiger partial charge in [0.05, 0.1) is 13.0 Å². The number of rotatable bonds is 4. The zero-order chi connectivity index (χ0) is 12.1. The highest BCUT2D eigenvalue weighted by atomic mass is 79.9. The zero-order valence-corrected chi connectivity index (χ0v) is 11.6. The van der Waals surface area contributed by atoms with Gasteiger partial charge >= 0.3 is 5.97 Å². The van der Waals surface area contributed by atoms with Gasteiger partial charge in [0.1, 0.15) is 0 Å². The maximum absolute atomic E-state index is 11.4. The van der Waals surface area contributed by atoms with Gasteiger partial charge in [-0.05, 0) is 43.0 Å². The Morgan fingerprint density at radius 3 is 2.44 bits per heavy atom. The molecule has 0 fully saturated rings. The van der Waals surface area contributed by atoms with Crippen molar-refractivity contribution in [3.05, 3.63) is 34.4 Å². The highest BCUT2D eigenvalue weighted by molar-refractivity contribution is 9.08. The first-order valence-electron chi connectivity index (χ1n) is 5.39. The van der Waals surface area contributed by atoms with Gasteiger partial charge in [0.25, 0.3) is 0 Å². The summed E-state index contributed by atoms with van der Waals surface area (Å²) in [5.41, 5.74) is 4.68. The SMILES string of the molecule is CCOC(=O)Cc1cc(CBr)c(C)cc1C. The molecule has 1 aromatic rings. The Hall–Kier alpha value is -0.830. The van der Waals surface area contributed by atoms with Crippen molar-refractivity contribution in [1.29, 1.82) is 0 Å². The number of carbonyl (C=O) groups excluding carboxylic acids is 1. The number of hydrogen-bond donors (Lipinski definition) is 0. The average Bonchev–Trinajstić information content (AvgIpc) is 2.22. The summed E-state index contributed by atoms with van der Waals surface area (Å²) in [6, 6.07) is 4.20. The Morgan fingerprint density at radius 2 is 1.88 bits per heavy atom. The fourth-order valence-corrected chi connectivity index (χ4v) is 2.25. The first-order chi connectivity index (χ1) is 7.58. The largest absolute Gasteiger partial charge is 0.466 e. The van der Waals surface area contributed by atoms with Crippen molar-refractivity contribution in [1.82, 2.24) is 0 Å². The molecule has 0 saturated heterocycles. The molecular weight excluding hydrogens is 268 g/mol. The molecular formula is C13H17BrO2. The van der Waals surface area contributed by atoms with E-state index in [0.717, 1.165) is 16.5 Å². The van der Waals surface area contributed by atoms with Crippen LogP contribution < -0.4 is 0 Å². The third kappa shape index (κ3) is 3.34. The molecule has 0 heterocycles. The second-order valence-corrected chi connectivity index (χ2v) is 4.38. The average molecular weight is 285 g/mol. The molecule has 0 bridgehead atoms. The molecule has 16 heavy (non-hydrogen) atoms. The van der Waals surface area contributed by atoms with Gasteiger partial charge in [-0.25, -0.2) is 0 Å². The molecule has 0 spiro atoms. The van der Waals surface area contributed by atoms with Crippen molar-refractivity contribution in [2.45, 2.75) is 32.5 Å².